The fourth-order valence-corrected chi connectivity index (χ4v) is 3.90. The molecule has 8 nitrogen and oxygen atoms in total. The number of likely N-dealkylation sites (N-methyl/N-ethyl adjacent to an activating group) is 1. The van der Waals surface area contributed by atoms with Crippen molar-refractivity contribution >= 4 is 52.2 Å². The van der Waals surface area contributed by atoms with Crippen LogP contribution in [0.1, 0.15) is 12.7 Å². The Hall–Kier alpha value is -3.20. The average molecular weight is 499 g/mol. The van der Waals surface area contributed by atoms with Crippen molar-refractivity contribution in [2.24, 2.45) is 0 Å². The molecule has 176 valence electrons. The first-order valence-corrected chi connectivity index (χ1v) is 11.1. The van der Waals surface area contributed by atoms with Gasteiger partial charge >= 0.3 is 0 Å². The number of hydrogen-bond acceptors (Lipinski definition) is 8. The lowest BCUT2D eigenvalue weighted by Crippen LogP contribution is -2.28. The molecule has 4 heterocycles. The van der Waals surface area contributed by atoms with Crippen LogP contribution in [0.2, 0.25) is 5.02 Å². The van der Waals surface area contributed by atoms with E-state index in [1.807, 2.05) is 31.2 Å². The third kappa shape index (κ3) is 4.84. The van der Waals surface area contributed by atoms with Crippen LogP contribution in [0.4, 0.5) is 17.2 Å². The van der Waals surface area contributed by atoms with Crippen LogP contribution < -0.4 is 15.0 Å². The predicted molar refractivity (Wildman–Crippen MR) is 137 cm³/mol. The molecule has 0 spiro atoms. The second kappa shape index (κ2) is 10.4. The Kier molecular flexibility index (Phi) is 7.31. The van der Waals surface area contributed by atoms with Gasteiger partial charge in [0.15, 0.2) is 11.5 Å². The molecule has 1 N–H and O–H groups in total. The fourth-order valence-electron chi connectivity index (χ4n) is 3.68. The highest BCUT2D eigenvalue weighted by molar-refractivity contribution is 6.32. The van der Waals surface area contributed by atoms with Crippen molar-refractivity contribution in [2.45, 2.75) is 13.5 Å². The number of anilines is 3. The number of fused-ring (bicyclic) bond motifs is 2. The molecular formula is C24H24Cl2N6O2. The van der Waals surface area contributed by atoms with Crippen molar-refractivity contribution < 1.29 is 9.47 Å². The first-order valence-electron chi connectivity index (χ1n) is 10.7. The first-order chi connectivity index (χ1) is 16.1. The molecule has 0 fully saturated rings. The standard InChI is InChI=1S/C24H23ClN6O2.ClH/c1-3-32-14-21-29-23(27-15-6-9-20-19(13-15)31(2)11-12-33-20)16-7-8-18(28-24(16)30-21)22-17(25)5-4-10-26-22;/h4-10,13H,3,11-12,14H2,1-2H3,(H,27,28,29,30);1H. The summed E-state index contributed by atoms with van der Waals surface area (Å²) < 4.78 is 11.3. The van der Waals surface area contributed by atoms with E-state index >= 15 is 0 Å². The van der Waals surface area contributed by atoms with E-state index in [0.29, 0.717) is 46.9 Å². The lowest BCUT2D eigenvalue weighted by atomic mass is 10.2. The quantitative estimate of drug-likeness (QED) is 0.384. The minimum Gasteiger partial charge on any atom is -0.490 e. The molecule has 0 saturated carbocycles. The van der Waals surface area contributed by atoms with Gasteiger partial charge in [-0.3, -0.25) is 4.98 Å². The summed E-state index contributed by atoms with van der Waals surface area (Å²) in [5, 5.41) is 4.75. The largest absolute Gasteiger partial charge is 0.490 e. The van der Waals surface area contributed by atoms with Crippen LogP contribution in [0, 0.1) is 0 Å². The average Bonchev–Trinajstić information content (AvgIpc) is 2.83. The van der Waals surface area contributed by atoms with Crippen LogP contribution in [-0.2, 0) is 11.3 Å². The number of aromatic nitrogens is 4. The minimum atomic E-state index is 0. The zero-order valence-corrected chi connectivity index (χ0v) is 20.4. The molecule has 0 unspecified atom stereocenters. The Bertz CT molecular complexity index is 1320. The van der Waals surface area contributed by atoms with Gasteiger partial charge in [0, 0.05) is 25.5 Å². The van der Waals surface area contributed by atoms with E-state index in [1.165, 1.54) is 0 Å². The highest BCUT2D eigenvalue weighted by Gasteiger charge is 2.17. The van der Waals surface area contributed by atoms with Crippen LogP contribution >= 0.6 is 24.0 Å². The van der Waals surface area contributed by atoms with Gasteiger partial charge in [-0.15, -0.1) is 12.4 Å². The molecule has 0 radical (unpaired) electrons. The molecule has 1 aliphatic heterocycles. The zero-order valence-electron chi connectivity index (χ0n) is 18.8. The molecule has 0 bridgehead atoms. The fraction of sp³-hybridized carbons (Fsp3) is 0.250. The molecule has 0 amide bonds. The Morgan fingerprint density at radius 3 is 2.85 bits per heavy atom. The molecule has 34 heavy (non-hydrogen) atoms. The van der Waals surface area contributed by atoms with Gasteiger partial charge in [-0.05, 0) is 49.4 Å². The highest BCUT2D eigenvalue weighted by Crippen LogP contribution is 2.35. The van der Waals surface area contributed by atoms with Crippen molar-refractivity contribution in [1.82, 2.24) is 19.9 Å². The maximum atomic E-state index is 6.34. The topological polar surface area (TPSA) is 85.3 Å². The van der Waals surface area contributed by atoms with Gasteiger partial charge in [0.2, 0.25) is 0 Å². The second-order valence-corrected chi connectivity index (χ2v) is 8.01. The molecule has 4 aromatic rings. The summed E-state index contributed by atoms with van der Waals surface area (Å²) >= 11 is 6.34. The maximum Gasteiger partial charge on any atom is 0.165 e. The Balaban J connectivity index is 0.00000274. The number of pyridine rings is 2. The molecule has 0 atom stereocenters. The summed E-state index contributed by atoms with van der Waals surface area (Å²) in [6.07, 6.45) is 1.69. The Labute approximate surface area is 208 Å². The Morgan fingerprint density at radius 2 is 2.03 bits per heavy atom. The van der Waals surface area contributed by atoms with E-state index in [4.69, 9.17) is 31.0 Å². The van der Waals surface area contributed by atoms with Gasteiger partial charge < -0.3 is 19.7 Å². The molecule has 0 aliphatic carbocycles. The number of halogens is 2. The van der Waals surface area contributed by atoms with Gasteiger partial charge in [0.1, 0.15) is 30.5 Å². The summed E-state index contributed by atoms with van der Waals surface area (Å²) in [5.74, 6) is 2.07. The van der Waals surface area contributed by atoms with Crippen LogP contribution in [0.5, 0.6) is 5.75 Å². The minimum absolute atomic E-state index is 0. The van der Waals surface area contributed by atoms with Crippen LogP contribution in [0.15, 0.2) is 48.7 Å². The monoisotopic (exact) mass is 498 g/mol. The molecule has 5 rings (SSSR count). The Morgan fingerprint density at radius 1 is 1.15 bits per heavy atom. The van der Waals surface area contributed by atoms with Crippen LogP contribution in [0.25, 0.3) is 22.4 Å². The van der Waals surface area contributed by atoms with Gasteiger partial charge in [0.05, 0.1) is 28.3 Å². The van der Waals surface area contributed by atoms with E-state index in [0.717, 1.165) is 29.1 Å². The highest BCUT2D eigenvalue weighted by atomic mass is 35.5. The summed E-state index contributed by atoms with van der Waals surface area (Å²) in [4.78, 5) is 20.6. The van der Waals surface area contributed by atoms with Crippen molar-refractivity contribution in [3.63, 3.8) is 0 Å². The van der Waals surface area contributed by atoms with Crippen molar-refractivity contribution in [3.05, 3.63) is 59.5 Å². The van der Waals surface area contributed by atoms with Gasteiger partial charge in [-0.25, -0.2) is 15.0 Å². The summed E-state index contributed by atoms with van der Waals surface area (Å²) in [7, 11) is 2.06. The number of ether oxygens (including phenoxy) is 2. The SMILES string of the molecule is CCOCc1nc(Nc2ccc3c(c2)N(C)CCO3)c2ccc(-c3ncccc3Cl)nc2n1.Cl. The number of nitrogens with zero attached hydrogens (tertiary/aromatic N) is 5. The van der Waals surface area contributed by atoms with Crippen LogP contribution in [-0.4, -0.2) is 46.7 Å². The second-order valence-electron chi connectivity index (χ2n) is 7.60. The van der Waals surface area contributed by atoms with E-state index in [2.05, 4.69) is 33.3 Å². The summed E-state index contributed by atoms with van der Waals surface area (Å²) in [6, 6.07) is 13.4. The third-order valence-corrected chi connectivity index (χ3v) is 5.66. The predicted octanol–water partition coefficient (Wildman–Crippen LogP) is 5.27. The van der Waals surface area contributed by atoms with Crippen molar-refractivity contribution in [3.8, 4) is 17.1 Å². The number of nitrogens with one attached hydrogen (secondary N) is 1. The molecule has 10 heteroatoms. The number of benzene rings is 1. The number of hydrogen-bond donors (Lipinski definition) is 1. The zero-order chi connectivity index (χ0) is 22.8. The maximum absolute atomic E-state index is 6.34. The van der Waals surface area contributed by atoms with E-state index < -0.39 is 0 Å². The van der Waals surface area contributed by atoms with E-state index in [-0.39, 0.29) is 19.0 Å². The molecule has 1 aliphatic rings. The molecule has 0 saturated heterocycles. The summed E-state index contributed by atoms with van der Waals surface area (Å²) in [5.41, 5.74) is 3.72. The smallest absolute Gasteiger partial charge is 0.165 e. The molecule has 3 aromatic heterocycles. The van der Waals surface area contributed by atoms with E-state index in [1.54, 1.807) is 18.3 Å². The van der Waals surface area contributed by atoms with E-state index in [9.17, 15) is 0 Å². The van der Waals surface area contributed by atoms with Gasteiger partial charge in [-0.2, -0.15) is 0 Å². The molecular weight excluding hydrogens is 475 g/mol. The van der Waals surface area contributed by atoms with Crippen molar-refractivity contribution in [2.75, 3.05) is 37.0 Å². The van der Waals surface area contributed by atoms with Crippen LogP contribution in [0.3, 0.4) is 0 Å². The van der Waals surface area contributed by atoms with Gasteiger partial charge in [0.25, 0.3) is 0 Å². The normalized spacial score (nSPS) is 12.6. The van der Waals surface area contributed by atoms with Crippen molar-refractivity contribution in [1.29, 1.82) is 0 Å². The molecule has 1 aromatic carbocycles. The lowest BCUT2D eigenvalue weighted by Gasteiger charge is -2.28. The third-order valence-electron chi connectivity index (χ3n) is 5.36. The van der Waals surface area contributed by atoms with Gasteiger partial charge in [-0.1, -0.05) is 11.6 Å². The first kappa shape index (κ1) is 23.9. The number of rotatable bonds is 6. The lowest BCUT2D eigenvalue weighted by molar-refractivity contribution is 0.128. The summed E-state index contributed by atoms with van der Waals surface area (Å²) in [6.45, 7) is 4.32.